The number of aliphatic hydroxyl groups excluding tert-OH is 2. The standard InChI is InChI=1S/C17H27F3O6S/c1-11(13(3)26-27(23,24)17(18,19)20)9-14(22)6-7-16-12(2)10-15(25-16)5-4-8-21/h11,14-16,21-22H,2-10H2,1H3/t11-,14-,15+,16?/m1/s1. The fourth-order valence-corrected chi connectivity index (χ4v) is 3.37. The molecule has 27 heavy (non-hydrogen) atoms. The molecule has 1 unspecified atom stereocenters. The van der Waals surface area contributed by atoms with Gasteiger partial charge < -0.3 is 19.1 Å². The third-order valence-electron chi connectivity index (χ3n) is 4.42. The van der Waals surface area contributed by atoms with Gasteiger partial charge in [-0.1, -0.05) is 20.1 Å². The van der Waals surface area contributed by atoms with E-state index in [1.54, 1.807) is 0 Å². The van der Waals surface area contributed by atoms with Crippen molar-refractivity contribution < 1.29 is 40.7 Å². The van der Waals surface area contributed by atoms with E-state index in [2.05, 4.69) is 17.3 Å². The third-order valence-corrected chi connectivity index (χ3v) is 5.42. The zero-order chi connectivity index (χ0) is 20.8. The summed E-state index contributed by atoms with van der Waals surface area (Å²) < 4.78 is 68.7. The van der Waals surface area contributed by atoms with Crippen molar-refractivity contribution in [3.8, 4) is 0 Å². The predicted octanol–water partition coefficient (Wildman–Crippen LogP) is 3.02. The van der Waals surface area contributed by atoms with Gasteiger partial charge in [-0.25, -0.2) is 0 Å². The number of allylic oxidation sites excluding steroid dienone is 1. The van der Waals surface area contributed by atoms with Gasteiger partial charge in [0.25, 0.3) is 0 Å². The number of halogens is 3. The molecule has 2 N–H and O–H groups in total. The Hall–Kier alpha value is -1.10. The Morgan fingerprint density at radius 1 is 1.41 bits per heavy atom. The highest BCUT2D eigenvalue weighted by Crippen LogP contribution is 2.32. The second-order valence-corrected chi connectivity index (χ2v) is 8.33. The number of alkyl halides is 3. The average Bonchev–Trinajstić information content (AvgIpc) is 2.89. The minimum Gasteiger partial charge on any atom is -0.396 e. The van der Waals surface area contributed by atoms with Gasteiger partial charge >= 0.3 is 15.6 Å². The lowest BCUT2D eigenvalue weighted by Crippen LogP contribution is -2.27. The lowest BCUT2D eigenvalue weighted by molar-refractivity contribution is -0.0527. The fraction of sp³-hybridized carbons (Fsp3) is 0.765. The van der Waals surface area contributed by atoms with Crippen LogP contribution < -0.4 is 0 Å². The molecular weight excluding hydrogens is 389 g/mol. The summed E-state index contributed by atoms with van der Waals surface area (Å²) in [7, 11) is -5.75. The maximum absolute atomic E-state index is 12.3. The van der Waals surface area contributed by atoms with Crippen molar-refractivity contribution in [1.29, 1.82) is 0 Å². The first-order chi connectivity index (χ1) is 12.4. The number of hydrogen-bond acceptors (Lipinski definition) is 6. The monoisotopic (exact) mass is 416 g/mol. The van der Waals surface area contributed by atoms with Crippen molar-refractivity contribution in [1.82, 2.24) is 0 Å². The fourth-order valence-electron chi connectivity index (χ4n) is 2.83. The molecule has 0 amide bonds. The SMILES string of the molecule is C=C1C[C@H](CCCO)OC1CC[C@@H](O)C[C@@H](C)C(=C)OS(=O)(=O)C(F)(F)F. The molecule has 10 heteroatoms. The molecule has 0 aromatic carbocycles. The van der Waals surface area contributed by atoms with E-state index in [0.29, 0.717) is 25.7 Å². The van der Waals surface area contributed by atoms with E-state index in [1.807, 2.05) is 0 Å². The Labute approximate surface area is 157 Å². The van der Waals surface area contributed by atoms with E-state index >= 15 is 0 Å². The third kappa shape index (κ3) is 7.44. The van der Waals surface area contributed by atoms with Crippen LogP contribution in [0, 0.1) is 5.92 Å². The van der Waals surface area contributed by atoms with E-state index in [0.717, 1.165) is 12.0 Å². The van der Waals surface area contributed by atoms with Gasteiger partial charge in [0.15, 0.2) is 0 Å². The van der Waals surface area contributed by atoms with Crippen LogP contribution in [0.3, 0.4) is 0 Å². The molecule has 0 aromatic rings. The number of rotatable bonds is 11. The van der Waals surface area contributed by atoms with Gasteiger partial charge in [-0.05, 0) is 44.1 Å². The number of ether oxygens (including phenoxy) is 1. The van der Waals surface area contributed by atoms with Crippen LogP contribution in [-0.2, 0) is 19.0 Å². The molecule has 1 saturated heterocycles. The van der Waals surface area contributed by atoms with Crippen molar-refractivity contribution in [2.24, 2.45) is 5.92 Å². The molecule has 6 nitrogen and oxygen atoms in total. The summed E-state index contributed by atoms with van der Waals surface area (Å²) in [6, 6.07) is 0. The minimum atomic E-state index is -5.75. The largest absolute Gasteiger partial charge is 0.534 e. The van der Waals surface area contributed by atoms with E-state index in [9.17, 15) is 26.7 Å². The Morgan fingerprint density at radius 2 is 2.04 bits per heavy atom. The van der Waals surface area contributed by atoms with E-state index < -0.39 is 33.4 Å². The van der Waals surface area contributed by atoms with Crippen LogP contribution in [0.2, 0.25) is 0 Å². The summed E-state index contributed by atoms with van der Waals surface area (Å²) in [5, 5.41) is 18.9. The van der Waals surface area contributed by atoms with Gasteiger partial charge in [-0.3, -0.25) is 0 Å². The van der Waals surface area contributed by atoms with Crippen LogP contribution in [-0.4, -0.2) is 49.1 Å². The Balaban J connectivity index is 2.42. The zero-order valence-corrected chi connectivity index (χ0v) is 16.1. The summed E-state index contributed by atoms with van der Waals surface area (Å²) in [6.07, 6.45) is 1.72. The second kappa shape index (κ2) is 9.90. The molecule has 0 bridgehead atoms. The molecule has 1 aliphatic rings. The highest BCUT2D eigenvalue weighted by molar-refractivity contribution is 7.87. The summed E-state index contributed by atoms with van der Waals surface area (Å²) >= 11 is 0. The van der Waals surface area contributed by atoms with Gasteiger partial charge in [-0.15, -0.1) is 0 Å². The maximum Gasteiger partial charge on any atom is 0.534 e. The van der Waals surface area contributed by atoms with Gasteiger partial charge in [0, 0.05) is 12.5 Å². The van der Waals surface area contributed by atoms with Gasteiger partial charge in [0.1, 0.15) is 5.76 Å². The van der Waals surface area contributed by atoms with Crippen molar-refractivity contribution in [3.63, 3.8) is 0 Å². The van der Waals surface area contributed by atoms with Crippen molar-refractivity contribution >= 4 is 10.1 Å². The topological polar surface area (TPSA) is 93.1 Å². The molecule has 158 valence electrons. The van der Waals surface area contributed by atoms with Crippen molar-refractivity contribution in [3.05, 3.63) is 24.5 Å². The van der Waals surface area contributed by atoms with Gasteiger partial charge in [-0.2, -0.15) is 21.6 Å². The Bertz CT molecular complexity index is 617. The molecule has 1 aliphatic heterocycles. The molecule has 0 aromatic heterocycles. The molecule has 1 fully saturated rings. The summed E-state index contributed by atoms with van der Waals surface area (Å²) in [5.74, 6) is -1.36. The Morgan fingerprint density at radius 3 is 2.59 bits per heavy atom. The maximum atomic E-state index is 12.3. The quantitative estimate of drug-likeness (QED) is 0.233. The first-order valence-electron chi connectivity index (χ1n) is 8.69. The smallest absolute Gasteiger partial charge is 0.396 e. The van der Waals surface area contributed by atoms with E-state index in [-0.39, 0.29) is 25.2 Å². The molecule has 1 rings (SSSR count). The van der Waals surface area contributed by atoms with Crippen LogP contribution in [0.15, 0.2) is 24.5 Å². The molecular formula is C17H27F3O6S. The van der Waals surface area contributed by atoms with Crippen LogP contribution in [0.1, 0.15) is 45.4 Å². The molecule has 0 saturated carbocycles. The Kier molecular flexibility index (Phi) is 8.78. The van der Waals surface area contributed by atoms with Crippen molar-refractivity contribution in [2.75, 3.05) is 6.61 Å². The lowest BCUT2D eigenvalue weighted by atomic mass is 9.96. The summed E-state index contributed by atoms with van der Waals surface area (Å²) in [6.45, 7) is 8.68. The summed E-state index contributed by atoms with van der Waals surface area (Å²) in [5.41, 5.74) is -4.62. The number of aliphatic hydroxyl groups is 2. The van der Waals surface area contributed by atoms with Gasteiger partial charge in [0.2, 0.25) is 0 Å². The molecule has 4 atom stereocenters. The van der Waals surface area contributed by atoms with Crippen molar-refractivity contribution in [2.45, 2.75) is 69.3 Å². The molecule has 0 radical (unpaired) electrons. The van der Waals surface area contributed by atoms with Crippen LogP contribution in [0.5, 0.6) is 0 Å². The average molecular weight is 416 g/mol. The normalized spacial score (nSPS) is 23.3. The first-order valence-corrected chi connectivity index (χ1v) is 10.1. The van der Waals surface area contributed by atoms with Crippen LogP contribution in [0.25, 0.3) is 0 Å². The minimum absolute atomic E-state index is 0.000647. The van der Waals surface area contributed by atoms with Gasteiger partial charge in [0.05, 0.1) is 18.3 Å². The van der Waals surface area contributed by atoms with E-state index in [4.69, 9.17) is 9.84 Å². The number of hydrogen-bond donors (Lipinski definition) is 2. The van der Waals surface area contributed by atoms with E-state index in [1.165, 1.54) is 6.92 Å². The first kappa shape index (κ1) is 23.9. The van der Waals surface area contributed by atoms with Crippen LogP contribution >= 0.6 is 0 Å². The predicted molar refractivity (Wildman–Crippen MR) is 93.0 cm³/mol. The highest BCUT2D eigenvalue weighted by Gasteiger charge is 2.49. The molecule has 0 aliphatic carbocycles. The second-order valence-electron chi connectivity index (χ2n) is 6.79. The lowest BCUT2D eigenvalue weighted by Gasteiger charge is -2.20. The summed E-state index contributed by atoms with van der Waals surface area (Å²) in [4.78, 5) is 0. The zero-order valence-electron chi connectivity index (χ0n) is 15.2. The molecule has 1 heterocycles. The molecule has 0 spiro atoms. The van der Waals surface area contributed by atoms with Crippen LogP contribution in [0.4, 0.5) is 13.2 Å². The highest BCUT2D eigenvalue weighted by atomic mass is 32.2.